The number of hydrogen-bond donors (Lipinski definition) is 1. The van der Waals surface area contributed by atoms with E-state index < -0.39 is 0 Å². The van der Waals surface area contributed by atoms with Gasteiger partial charge in [0.05, 0.1) is 6.54 Å². The van der Waals surface area contributed by atoms with Crippen molar-refractivity contribution >= 4 is 5.69 Å². The fourth-order valence-electron chi connectivity index (χ4n) is 3.36. The predicted molar refractivity (Wildman–Crippen MR) is 117 cm³/mol. The lowest BCUT2D eigenvalue weighted by Gasteiger charge is -2.17. The molecule has 152 valence electrons. The molecule has 1 unspecified atom stereocenters. The third kappa shape index (κ3) is 4.35. The van der Waals surface area contributed by atoms with Gasteiger partial charge in [0.25, 0.3) is 5.89 Å². The van der Waals surface area contributed by atoms with Crippen molar-refractivity contribution in [3.63, 3.8) is 0 Å². The zero-order chi connectivity index (χ0) is 20.9. The van der Waals surface area contributed by atoms with E-state index in [-0.39, 0.29) is 6.04 Å². The highest BCUT2D eigenvalue weighted by Gasteiger charge is 2.21. The fraction of sp³-hybridized carbons (Fsp3) is 0.0833. The van der Waals surface area contributed by atoms with E-state index >= 15 is 0 Å². The van der Waals surface area contributed by atoms with E-state index in [0.29, 0.717) is 18.3 Å². The summed E-state index contributed by atoms with van der Waals surface area (Å²) in [5.74, 6) is 1.08. The quantitative estimate of drug-likeness (QED) is 0.425. The van der Waals surface area contributed by atoms with Crippen molar-refractivity contribution < 1.29 is 4.52 Å². The topological polar surface area (TPSA) is 81.7 Å². The Morgan fingerprint density at radius 1 is 0.871 bits per heavy atom. The molecule has 0 saturated carbocycles. The molecule has 31 heavy (non-hydrogen) atoms. The summed E-state index contributed by atoms with van der Waals surface area (Å²) in [5.41, 5.74) is 4.05. The summed E-state index contributed by atoms with van der Waals surface area (Å²) in [6.45, 7) is 0.673. The molecule has 0 spiro atoms. The minimum absolute atomic E-state index is 0.271. The van der Waals surface area contributed by atoms with Crippen LogP contribution in [0.25, 0.3) is 11.4 Å². The molecule has 0 radical (unpaired) electrons. The molecule has 7 heteroatoms. The van der Waals surface area contributed by atoms with Crippen LogP contribution in [-0.2, 0) is 6.54 Å². The average molecular weight is 408 g/mol. The molecule has 0 aliphatic rings. The van der Waals surface area contributed by atoms with E-state index in [1.165, 1.54) is 6.33 Å². The molecule has 2 aromatic heterocycles. The first-order valence-corrected chi connectivity index (χ1v) is 9.97. The highest BCUT2D eigenvalue weighted by atomic mass is 16.5. The molecule has 5 aromatic rings. The van der Waals surface area contributed by atoms with Crippen LogP contribution in [0.2, 0.25) is 0 Å². The van der Waals surface area contributed by atoms with E-state index in [0.717, 1.165) is 22.4 Å². The maximum Gasteiger partial charge on any atom is 0.254 e. The second-order valence-electron chi connectivity index (χ2n) is 7.10. The minimum Gasteiger partial charge on any atom is -0.370 e. The van der Waals surface area contributed by atoms with Crippen LogP contribution >= 0.6 is 0 Å². The smallest absolute Gasteiger partial charge is 0.254 e. The van der Waals surface area contributed by atoms with E-state index in [1.54, 1.807) is 11.0 Å². The van der Waals surface area contributed by atoms with Crippen LogP contribution in [0.15, 0.2) is 102 Å². The molecule has 0 aliphatic carbocycles. The van der Waals surface area contributed by atoms with Crippen LogP contribution < -0.4 is 5.32 Å². The Morgan fingerprint density at radius 2 is 1.61 bits per heavy atom. The second kappa shape index (κ2) is 8.62. The van der Waals surface area contributed by atoms with Crippen LogP contribution in [0.5, 0.6) is 0 Å². The van der Waals surface area contributed by atoms with E-state index in [2.05, 4.69) is 37.7 Å². The summed E-state index contributed by atoms with van der Waals surface area (Å²) < 4.78 is 7.45. The number of anilines is 1. The van der Waals surface area contributed by atoms with Crippen molar-refractivity contribution in [3.8, 4) is 11.4 Å². The van der Waals surface area contributed by atoms with Gasteiger partial charge in [-0.15, -0.1) is 0 Å². The molecular weight excluding hydrogens is 388 g/mol. The highest BCUT2D eigenvalue weighted by molar-refractivity contribution is 5.54. The second-order valence-corrected chi connectivity index (χ2v) is 7.10. The number of nitrogens with zero attached hydrogens (tertiary/aromatic N) is 5. The van der Waals surface area contributed by atoms with Crippen LogP contribution in [0.1, 0.15) is 23.1 Å². The van der Waals surface area contributed by atoms with Gasteiger partial charge in [0.1, 0.15) is 18.7 Å². The van der Waals surface area contributed by atoms with Gasteiger partial charge in [0.2, 0.25) is 5.82 Å². The zero-order valence-electron chi connectivity index (χ0n) is 16.7. The molecule has 3 aromatic carbocycles. The Kier molecular flexibility index (Phi) is 5.22. The monoisotopic (exact) mass is 408 g/mol. The first-order chi connectivity index (χ1) is 15.3. The first kappa shape index (κ1) is 18.7. The van der Waals surface area contributed by atoms with Gasteiger partial charge in [-0.1, -0.05) is 78.0 Å². The Hall–Kier alpha value is -4.26. The lowest BCUT2D eigenvalue weighted by molar-refractivity contribution is 0.372. The molecule has 7 nitrogen and oxygen atoms in total. The largest absolute Gasteiger partial charge is 0.370 e. The van der Waals surface area contributed by atoms with Crippen molar-refractivity contribution in [3.05, 3.63) is 115 Å². The van der Waals surface area contributed by atoms with E-state index in [4.69, 9.17) is 4.52 Å². The third-order valence-corrected chi connectivity index (χ3v) is 4.93. The van der Waals surface area contributed by atoms with Crippen LogP contribution in [0.4, 0.5) is 5.69 Å². The molecule has 1 atom stereocenters. The van der Waals surface area contributed by atoms with Gasteiger partial charge in [0.15, 0.2) is 0 Å². The molecular formula is C24H20N6O. The normalized spacial score (nSPS) is 11.9. The lowest BCUT2D eigenvalue weighted by Crippen LogP contribution is -2.13. The van der Waals surface area contributed by atoms with Crippen molar-refractivity contribution in [1.82, 2.24) is 24.9 Å². The standard InChI is InChI=1S/C24H20N6O/c1-3-7-19(8-4-1)22(24-28-23(29-31-24)20-9-5-2-6-10-20)27-21-13-11-18(12-14-21)15-30-17-25-16-26-30/h1-14,16-17,22,27H,15H2. The van der Waals surface area contributed by atoms with Crippen molar-refractivity contribution in [2.24, 2.45) is 0 Å². The minimum atomic E-state index is -0.271. The van der Waals surface area contributed by atoms with Gasteiger partial charge < -0.3 is 9.84 Å². The van der Waals surface area contributed by atoms with E-state index in [1.807, 2.05) is 72.8 Å². The molecule has 0 bridgehead atoms. The molecule has 2 heterocycles. The maximum absolute atomic E-state index is 5.66. The van der Waals surface area contributed by atoms with Gasteiger partial charge in [-0.2, -0.15) is 10.1 Å². The Morgan fingerprint density at radius 3 is 2.32 bits per heavy atom. The Bertz CT molecular complexity index is 1220. The number of rotatable bonds is 7. The summed E-state index contributed by atoms with van der Waals surface area (Å²) >= 11 is 0. The molecule has 0 fully saturated rings. The SMILES string of the molecule is c1ccc(-c2noc(C(Nc3ccc(Cn4cncn4)cc3)c3ccccc3)n2)cc1. The zero-order valence-corrected chi connectivity index (χ0v) is 16.7. The van der Waals surface area contributed by atoms with Gasteiger partial charge in [-0.05, 0) is 23.3 Å². The van der Waals surface area contributed by atoms with Gasteiger partial charge in [-0.25, -0.2) is 9.67 Å². The van der Waals surface area contributed by atoms with Crippen molar-refractivity contribution in [2.45, 2.75) is 12.6 Å². The molecule has 0 saturated heterocycles. The van der Waals surface area contributed by atoms with Crippen molar-refractivity contribution in [2.75, 3.05) is 5.32 Å². The van der Waals surface area contributed by atoms with Crippen molar-refractivity contribution in [1.29, 1.82) is 0 Å². The summed E-state index contributed by atoms with van der Waals surface area (Å²) in [6.07, 6.45) is 3.24. The maximum atomic E-state index is 5.66. The Balaban J connectivity index is 1.40. The number of aromatic nitrogens is 5. The fourth-order valence-corrected chi connectivity index (χ4v) is 3.36. The van der Waals surface area contributed by atoms with Gasteiger partial charge in [-0.3, -0.25) is 0 Å². The van der Waals surface area contributed by atoms with Gasteiger partial charge >= 0.3 is 0 Å². The molecule has 0 aliphatic heterocycles. The summed E-state index contributed by atoms with van der Waals surface area (Å²) in [5, 5.41) is 11.9. The Labute approximate surface area is 179 Å². The number of nitrogens with one attached hydrogen (secondary N) is 1. The summed E-state index contributed by atoms with van der Waals surface area (Å²) in [7, 11) is 0. The third-order valence-electron chi connectivity index (χ3n) is 4.93. The number of hydrogen-bond acceptors (Lipinski definition) is 6. The van der Waals surface area contributed by atoms with Gasteiger partial charge in [0, 0.05) is 11.3 Å². The lowest BCUT2D eigenvalue weighted by atomic mass is 10.1. The molecule has 0 amide bonds. The average Bonchev–Trinajstić information content (AvgIpc) is 3.52. The van der Waals surface area contributed by atoms with Crippen LogP contribution in [-0.4, -0.2) is 24.9 Å². The molecule has 5 rings (SSSR count). The van der Waals surface area contributed by atoms with Crippen LogP contribution in [0, 0.1) is 0 Å². The predicted octanol–water partition coefficient (Wildman–Crippen LogP) is 4.58. The molecule has 1 N–H and O–H groups in total. The number of benzene rings is 3. The van der Waals surface area contributed by atoms with E-state index in [9.17, 15) is 0 Å². The first-order valence-electron chi connectivity index (χ1n) is 9.97. The summed E-state index contributed by atoms with van der Waals surface area (Å²) in [4.78, 5) is 8.64. The van der Waals surface area contributed by atoms with Crippen LogP contribution in [0.3, 0.4) is 0 Å². The highest BCUT2D eigenvalue weighted by Crippen LogP contribution is 2.27. The summed E-state index contributed by atoms with van der Waals surface area (Å²) in [6, 6.07) is 27.8.